The van der Waals surface area contributed by atoms with Gasteiger partial charge < -0.3 is 26.0 Å². The number of amides is 1. The van der Waals surface area contributed by atoms with Gasteiger partial charge in [0.1, 0.15) is 5.75 Å². The van der Waals surface area contributed by atoms with Gasteiger partial charge in [-0.2, -0.15) is 5.10 Å². The van der Waals surface area contributed by atoms with Crippen molar-refractivity contribution in [2.75, 3.05) is 11.9 Å². The van der Waals surface area contributed by atoms with Crippen LogP contribution in [0.2, 0.25) is 0 Å². The van der Waals surface area contributed by atoms with Crippen LogP contribution in [-0.2, 0) is 6.42 Å². The Kier molecular flexibility index (Phi) is 9.72. The summed E-state index contributed by atoms with van der Waals surface area (Å²) in [6.45, 7) is 0.641. The molecule has 0 aliphatic carbocycles. The molecular formula is C31H34N4O4. The van der Waals surface area contributed by atoms with Gasteiger partial charge in [0.05, 0.1) is 17.7 Å². The molecule has 1 amide bonds. The van der Waals surface area contributed by atoms with Crippen LogP contribution in [0.4, 0.5) is 5.69 Å². The van der Waals surface area contributed by atoms with E-state index in [4.69, 9.17) is 20.7 Å². The van der Waals surface area contributed by atoms with Crippen molar-refractivity contribution in [2.45, 2.75) is 44.9 Å². The predicted molar refractivity (Wildman–Crippen MR) is 155 cm³/mol. The molecule has 202 valence electrons. The van der Waals surface area contributed by atoms with Gasteiger partial charge in [-0.15, -0.1) is 0 Å². The lowest BCUT2D eigenvalue weighted by Crippen LogP contribution is -2.18. The Hall–Kier alpha value is -4.59. The number of ether oxygens (including phenoxy) is 1. The minimum atomic E-state index is -0.352. The molecule has 0 aliphatic heterocycles. The first-order chi connectivity index (χ1) is 19.0. The van der Waals surface area contributed by atoms with Crippen LogP contribution in [0.3, 0.4) is 0 Å². The summed E-state index contributed by atoms with van der Waals surface area (Å²) in [7, 11) is 0. The monoisotopic (exact) mass is 526 g/mol. The SMILES string of the molecule is NN=C(N)c1cc(=O)c2cccc(NC(=O)c3ccc(OCCCCCCCCc4ccccc4)cc3)c2o1. The Morgan fingerprint density at radius 1 is 0.872 bits per heavy atom. The van der Waals surface area contributed by atoms with Crippen molar-refractivity contribution in [3.8, 4) is 5.75 Å². The number of nitrogens with one attached hydrogen (secondary N) is 1. The van der Waals surface area contributed by atoms with E-state index in [1.807, 2.05) is 0 Å². The number of carbonyl (C=O) groups is 1. The molecule has 0 atom stereocenters. The molecule has 0 saturated heterocycles. The number of nitrogens with zero attached hydrogens (tertiary/aromatic N) is 1. The fraction of sp³-hybridized carbons (Fsp3) is 0.258. The van der Waals surface area contributed by atoms with E-state index in [-0.39, 0.29) is 28.5 Å². The van der Waals surface area contributed by atoms with Gasteiger partial charge in [0.15, 0.2) is 22.6 Å². The van der Waals surface area contributed by atoms with Crippen LogP contribution in [0.5, 0.6) is 5.75 Å². The first-order valence-corrected chi connectivity index (χ1v) is 13.2. The van der Waals surface area contributed by atoms with Crippen molar-refractivity contribution < 1.29 is 13.9 Å². The number of anilines is 1. The van der Waals surface area contributed by atoms with Crippen LogP contribution < -0.4 is 27.1 Å². The molecule has 39 heavy (non-hydrogen) atoms. The number of hydrogen-bond acceptors (Lipinski definition) is 6. The number of amidine groups is 1. The number of hydrazone groups is 1. The number of para-hydroxylation sites is 1. The number of hydrogen-bond donors (Lipinski definition) is 3. The third kappa shape index (κ3) is 7.70. The average molecular weight is 527 g/mol. The minimum absolute atomic E-state index is 0.0289. The molecule has 4 rings (SSSR count). The summed E-state index contributed by atoms with van der Waals surface area (Å²) in [5.74, 6) is 5.48. The van der Waals surface area contributed by atoms with Crippen LogP contribution in [0, 0.1) is 0 Å². The van der Waals surface area contributed by atoms with Crippen molar-refractivity contribution >= 4 is 28.4 Å². The zero-order valence-electron chi connectivity index (χ0n) is 21.9. The Balaban J connectivity index is 1.22. The van der Waals surface area contributed by atoms with Gasteiger partial charge in [0.25, 0.3) is 5.91 Å². The summed E-state index contributed by atoms with van der Waals surface area (Å²) in [6.07, 6.45) is 8.21. The minimum Gasteiger partial charge on any atom is -0.494 e. The van der Waals surface area contributed by atoms with Gasteiger partial charge in [0.2, 0.25) is 0 Å². The molecule has 1 heterocycles. The second kappa shape index (κ2) is 13.8. The maximum Gasteiger partial charge on any atom is 0.255 e. The van der Waals surface area contributed by atoms with E-state index in [1.54, 1.807) is 42.5 Å². The summed E-state index contributed by atoms with van der Waals surface area (Å²) in [5.41, 5.74) is 7.76. The molecule has 1 aromatic heterocycles. The fourth-order valence-electron chi connectivity index (χ4n) is 4.34. The number of aryl methyl sites for hydroxylation is 1. The van der Waals surface area contributed by atoms with Gasteiger partial charge in [0, 0.05) is 11.6 Å². The first-order valence-electron chi connectivity index (χ1n) is 13.2. The highest BCUT2D eigenvalue weighted by molar-refractivity contribution is 6.08. The average Bonchev–Trinajstić information content (AvgIpc) is 2.97. The van der Waals surface area contributed by atoms with E-state index < -0.39 is 0 Å². The lowest BCUT2D eigenvalue weighted by Gasteiger charge is -2.10. The van der Waals surface area contributed by atoms with Crippen molar-refractivity contribution in [2.24, 2.45) is 16.7 Å². The van der Waals surface area contributed by atoms with Crippen molar-refractivity contribution in [1.82, 2.24) is 0 Å². The fourth-order valence-corrected chi connectivity index (χ4v) is 4.34. The van der Waals surface area contributed by atoms with Gasteiger partial charge in [-0.3, -0.25) is 9.59 Å². The van der Waals surface area contributed by atoms with Gasteiger partial charge >= 0.3 is 0 Å². The molecule has 0 fully saturated rings. The lowest BCUT2D eigenvalue weighted by molar-refractivity contribution is 0.102. The Morgan fingerprint density at radius 3 is 2.33 bits per heavy atom. The highest BCUT2D eigenvalue weighted by Gasteiger charge is 2.14. The maximum absolute atomic E-state index is 12.9. The predicted octanol–water partition coefficient (Wildman–Crippen LogP) is 5.59. The summed E-state index contributed by atoms with van der Waals surface area (Å²) < 4.78 is 11.6. The highest BCUT2D eigenvalue weighted by atomic mass is 16.5. The molecule has 5 N–H and O–H groups in total. The lowest BCUT2D eigenvalue weighted by atomic mass is 10.1. The number of fused-ring (bicyclic) bond motifs is 1. The van der Waals surface area contributed by atoms with E-state index >= 15 is 0 Å². The largest absolute Gasteiger partial charge is 0.494 e. The summed E-state index contributed by atoms with van der Waals surface area (Å²) in [5, 5.41) is 6.47. The number of carbonyl (C=O) groups excluding carboxylic acids is 1. The van der Waals surface area contributed by atoms with Crippen LogP contribution in [0.25, 0.3) is 11.0 Å². The zero-order valence-corrected chi connectivity index (χ0v) is 21.9. The molecule has 4 aromatic rings. The van der Waals surface area contributed by atoms with Crippen LogP contribution in [0.15, 0.2) is 93.2 Å². The molecule has 0 bridgehead atoms. The summed E-state index contributed by atoms with van der Waals surface area (Å²) in [4.78, 5) is 25.3. The van der Waals surface area contributed by atoms with Crippen molar-refractivity contribution in [1.29, 1.82) is 0 Å². The van der Waals surface area contributed by atoms with E-state index in [1.165, 1.54) is 37.3 Å². The van der Waals surface area contributed by atoms with E-state index in [2.05, 4.69) is 40.8 Å². The van der Waals surface area contributed by atoms with E-state index in [0.29, 0.717) is 29.0 Å². The molecule has 3 aromatic carbocycles. The van der Waals surface area contributed by atoms with Crippen molar-refractivity contribution in [3.05, 3.63) is 106 Å². The molecule has 0 radical (unpaired) electrons. The highest BCUT2D eigenvalue weighted by Crippen LogP contribution is 2.23. The van der Waals surface area contributed by atoms with Gasteiger partial charge in [-0.05, 0) is 61.2 Å². The van der Waals surface area contributed by atoms with Gasteiger partial charge in [-0.25, -0.2) is 0 Å². The summed E-state index contributed by atoms with van der Waals surface area (Å²) >= 11 is 0. The normalized spacial score (nSPS) is 11.4. The second-order valence-corrected chi connectivity index (χ2v) is 9.36. The smallest absolute Gasteiger partial charge is 0.255 e. The Bertz CT molecular complexity index is 1460. The topological polar surface area (TPSA) is 133 Å². The van der Waals surface area contributed by atoms with E-state index in [9.17, 15) is 9.59 Å². The molecule has 0 aliphatic rings. The third-order valence-electron chi connectivity index (χ3n) is 6.48. The van der Waals surface area contributed by atoms with Crippen LogP contribution in [0.1, 0.15) is 60.2 Å². The molecule has 8 heteroatoms. The third-order valence-corrected chi connectivity index (χ3v) is 6.48. The molecular weight excluding hydrogens is 492 g/mol. The Morgan fingerprint density at radius 2 is 1.59 bits per heavy atom. The molecule has 0 saturated carbocycles. The number of unbranched alkanes of at least 4 members (excludes halogenated alkanes) is 5. The number of nitrogens with two attached hydrogens (primary N) is 2. The van der Waals surface area contributed by atoms with Crippen molar-refractivity contribution in [3.63, 3.8) is 0 Å². The quantitative estimate of drug-likeness (QED) is 0.0684. The molecule has 0 spiro atoms. The van der Waals surface area contributed by atoms with Crippen LogP contribution >= 0.6 is 0 Å². The van der Waals surface area contributed by atoms with E-state index in [0.717, 1.165) is 19.3 Å². The first kappa shape index (κ1) is 27.4. The second-order valence-electron chi connectivity index (χ2n) is 9.36. The summed E-state index contributed by atoms with van der Waals surface area (Å²) in [6, 6.07) is 23.7. The zero-order chi connectivity index (χ0) is 27.5. The maximum atomic E-state index is 12.9. The molecule has 0 unspecified atom stereocenters. The van der Waals surface area contributed by atoms with Crippen LogP contribution in [-0.4, -0.2) is 18.3 Å². The number of rotatable bonds is 13. The number of benzene rings is 3. The Labute approximate surface area is 227 Å². The molecule has 8 nitrogen and oxygen atoms in total. The van der Waals surface area contributed by atoms with Gasteiger partial charge in [-0.1, -0.05) is 62.1 Å². The standard InChI is InChI=1S/C31H34N4O4/c32-30(35-33)28-21-27(36)25-14-10-15-26(29(25)39-28)34-31(37)23-16-18-24(19-17-23)38-20-9-4-2-1-3-6-11-22-12-7-5-8-13-22/h5,7-8,10,12-19,21H,1-4,6,9,11,20,33H2,(H2,32,35)(H,34,37).